The molecule has 4 rings (SSSR count). The van der Waals surface area contributed by atoms with Gasteiger partial charge in [0, 0.05) is 19.3 Å². The van der Waals surface area contributed by atoms with Gasteiger partial charge in [0.05, 0.1) is 18.0 Å². The lowest BCUT2D eigenvalue weighted by Crippen LogP contribution is -2.38. The highest BCUT2D eigenvalue weighted by molar-refractivity contribution is 7.92. The van der Waals surface area contributed by atoms with E-state index in [4.69, 9.17) is 0 Å². The van der Waals surface area contributed by atoms with E-state index >= 15 is 0 Å². The van der Waals surface area contributed by atoms with Crippen LogP contribution in [0.1, 0.15) is 27.0 Å². The third kappa shape index (κ3) is 4.60. The number of nitrogens with zero attached hydrogens (tertiary/aromatic N) is 2. The van der Waals surface area contributed by atoms with E-state index in [1.807, 2.05) is 49.4 Å². The number of hydrogen-bond acceptors (Lipinski definition) is 4. The van der Waals surface area contributed by atoms with Gasteiger partial charge in [0.2, 0.25) is 10.0 Å². The van der Waals surface area contributed by atoms with E-state index < -0.39 is 21.5 Å². The maximum absolute atomic E-state index is 12.8. The molecule has 0 aliphatic carbocycles. The van der Waals surface area contributed by atoms with Gasteiger partial charge in [-0.3, -0.25) is 13.9 Å². The van der Waals surface area contributed by atoms with Crippen LogP contribution in [0.2, 0.25) is 0 Å². The largest absolute Gasteiger partial charge is 0.351 e. The second kappa shape index (κ2) is 9.00. The van der Waals surface area contributed by atoms with Gasteiger partial charge in [-0.05, 0) is 42.7 Å². The average molecular weight is 452 g/mol. The smallest absolute Gasteiger partial charge is 0.263 e. The van der Waals surface area contributed by atoms with Crippen molar-refractivity contribution in [2.24, 2.45) is 0 Å². The summed E-state index contributed by atoms with van der Waals surface area (Å²) in [5.74, 6) is -0.817. The number of anilines is 1. The van der Waals surface area contributed by atoms with E-state index in [1.54, 1.807) is 18.3 Å². The molecule has 0 atom stereocenters. The molecule has 1 aromatic heterocycles. The minimum absolute atomic E-state index is 0.0101. The fraction of sp³-hybridized carbons (Fsp3) is 0.250. The molecule has 7 nitrogen and oxygen atoms in total. The number of fused-ring (bicyclic) bond motifs is 1. The van der Waals surface area contributed by atoms with Crippen molar-refractivity contribution in [3.8, 4) is 0 Å². The van der Waals surface area contributed by atoms with Crippen LogP contribution < -0.4 is 15.2 Å². The van der Waals surface area contributed by atoms with E-state index in [1.165, 1.54) is 14.9 Å². The number of benzene rings is 2. The van der Waals surface area contributed by atoms with Gasteiger partial charge in [-0.25, -0.2) is 8.42 Å². The monoisotopic (exact) mass is 451 g/mol. The number of pyridine rings is 1. The molecule has 0 bridgehead atoms. The first-order chi connectivity index (χ1) is 15.3. The first-order valence-corrected chi connectivity index (χ1v) is 12.1. The van der Waals surface area contributed by atoms with Crippen molar-refractivity contribution < 1.29 is 13.2 Å². The van der Waals surface area contributed by atoms with Crippen LogP contribution in [-0.2, 0) is 23.0 Å². The SMILES string of the molecule is Cc1cccc(Cn2cccc(C(=O)NCCS(=O)(=O)N3CCc4ccccc43)c2=O)c1. The van der Waals surface area contributed by atoms with Gasteiger partial charge in [-0.2, -0.15) is 0 Å². The third-order valence-electron chi connectivity index (χ3n) is 5.53. The van der Waals surface area contributed by atoms with Crippen LogP contribution in [0.3, 0.4) is 0 Å². The second-order valence-corrected chi connectivity index (χ2v) is 9.88. The molecular weight excluding hydrogens is 426 g/mol. The van der Waals surface area contributed by atoms with Gasteiger partial charge in [0.15, 0.2) is 0 Å². The molecule has 1 amide bonds. The van der Waals surface area contributed by atoms with Crippen molar-refractivity contribution in [3.05, 3.63) is 99.5 Å². The molecule has 0 saturated carbocycles. The number of nitrogens with one attached hydrogen (secondary N) is 1. The summed E-state index contributed by atoms with van der Waals surface area (Å²) in [6, 6.07) is 18.3. The number of sulfonamides is 1. The second-order valence-electron chi connectivity index (χ2n) is 7.87. The molecule has 0 radical (unpaired) electrons. The Labute approximate surface area is 187 Å². The fourth-order valence-corrected chi connectivity index (χ4v) is 5.36. The Hall–Kier alpha value is -3.39. The van der Waals surface area contributed by atoms with E-state index in [-0.39, 0.29) is 17.9 Å². The Morgan fingerprint density at radius 1 is 1.06 bits per heavy atom. The van der Waals surface area contributed by atoms with Crippen LogP contribution in [0.5, 0.6) is 0 Å². The lowest BCUT2D eigenvalue weighted by Gasteiger charge is -2.19. The highest BCUT2D eigenvalue weighted by atomic mass is 32.2. The highest BCUT2D eigenvalue weighted by Crippen LogP contribution is 2.29. The summed E-state index contributed by atoms with van der Waals surface area (Å²) in [4.78, 5) is 25.4. The van der Waals surface area contributed by atoms with E-state index in [2.05, 4.69) is 5.32 Å². The molecule has 0 spiro atoms. The summed E-state index contributed by atoms with van der Waals surface area (Å²) in [7, 11) is -3.58. The number of para-hydroxylation sites is 1. The fourth-order valence-electron chi connectivity index (χ4n) is 3.94. The van der Waals surface area contributed by atoms with Crippen molar-refractivity contribution >= 4 is 21.6 Å². The molecule has 0 unspecified atom stereocenters. The zero-order valence-corrected chi connectivity index (χ0v) is 18.6. The number of amides is 1. The van der Waals surface area contributed by atoms with Gasteiger partial charge in [0.25, 0.3) is 11.5 Å². The molecular formula is C24H25N3O4S. The van der Waals surface area contributed by atoms with Gasteiger partial charge in [-0.15, -0.1) is 0 Å². The highest BCUT2D eigenvalue weighted by Gasteiger charge is 2.28. The first-order valence-electron chi connectivity index (χ1n) is 10.5. The molecule has 32 heavy (non-hydrogen) atoms. The molecule has 0 saturated heterocycles. The third-order valence-corrected chi connectivity index (χ3v) is 7.30. The van der Waals surface area contributed by atoms with E-state index in [0.717, 1.165) is 16.7 Å². The predicted octanol–water partition coefficient (Wildman–Crippen LogP) is 2.33. The van der Waals surface area contributed by atoms with Crippen LogP contribution in [0.25, 0.3) is 0 Å². The van der Waals surface area contributed by atoms with Crippen LogP contribution in [0, 0.1) is 6.92 Å². The van der Waals surface area contributed by atoms with Gasteiger partial charge in [-0.1, -0.05) is 48.0 Å². The maximum Gasteiger partial charge on any atom is 0.263 e. The summed E-state index contributed by atoms with van der Waals surface area (Å²) < 4.78 is 28.4. The van der Waals surface area contributed by atoms with Crippen molar-refractivity contribution in [3.63, 3.8) is 0 Å². The first kappa shape index (κ1) is 21.8. The summed E-state index contributed by atoms with van der Waals surface area (Å²) in [5, 5.41) is 2.59. The number of aryl methyl sites for hydroxylation is 1. The lowest BCUT2D eigenvalue weighted by molar-refractivity contribution is 0.0954. The predicted molar refractivity (Wildman–Crippen MR) is 125 cm³/mol. The Balaban J connectivity index is 1.41. The molecule has 0 fully saturated rings. The minimum Gasteiger partial charge on any atom is -0.351 e. The number of aromatic nitrogens is 1. The normalized spacial score (nSPS) is 13.1. The molecule has 2 heterocycles. The number of hydrogen-bond donors (Lipinski definition) is 1. The summed E-state index contributed by atoms with van der Waals surface area (Å²) >= 11 is 0. The van der Waals surface area contributed by atoms with Crippen LogP contribution in [0.4, 0.5) is 5.69 Å². The van der Waals surface area contributed by atoms with Crippen molar-refractivity contribution in [2.45, 2.75) is 19.9 Å². The molecule has 1 N–H and O–H groups in total. The van der Waals surface area contributed by atoms with Gasteiger partial charge < -0.3 is 9.88 Å². The molecule has 1 aliphatic heterocycles. The molecule has 3 aromatic rings. The Morgan fingerprint density at radius 3 is 2.69 bits per heavy atom. The Bertz CT molecular complexity index is 1310. The van der Waals surface area contributed by atoms with Crippen molar-refractivity contribution in [1.29, 1.82) is 0 Å². The lowest BCUT2D eigenvalue weighted by atomic mass is 10.1. The van der Waals surface area contributed by atoms with Crippen molar-refractivity contribution in [1.82, 2.24) is 9.88 Å². The Kier molecular flexibility index (Phi) is 6.14. The van der Waals surface area contributed by atoms with Crippen molar-refractivity contribution in [2.75, 3.05) is 23.1 Å². The van der Waals surface area contributed by atoms with Crippen LogP contribution >= 0.6 is 0 Å². The number of carbonyl (C=O) groups excluding carboxylic acids is 1. The molecule has 1 aliphatic rings. The number of rotatable bonds is 7. The zero-order chi connectivity index (χ0) is 22.7. The van der Waals surface area contributed by atoms with E-state index in [0.29, 0.717) is 25.2 Å². The number of carbonyl (C=O) groups is 1. The van der Waals surface area contributed by atoms with Crippen LogP contribution in [-0.4, -0.2) is 37.7 Å². The summed E-state index contributed by atoms with van der Waals surface area (Å²) in [6.45, 7) is 2.65. The average Bonchev–Trinajstić information content (AvgIpc) is 3.20. The molecule has 8 heteroatoms. The van der Waals surface area contributed by atoms with Crippen LogP contribution in [0.15, 0.2) is 71.7 Å². The minimum atomic E-state index is -3.58. The zero-order valence-electron chi connectivity index (χ0n) is 17.8. The van der Waals surface area contributed by atoms with Gasteiger partial charge in [0.1, 0.15) is 5.56 Å². The topological polar surface area (TPSA) is 88.5 Å². The summed E-state index contributed by atoms with van der Waals surface area (Å²) in [5.41, 5.74) is 3.32. The maximum atomic E-state index is 12.8. The quantitative estimate of drug-likeness (QED) is 0.597. The standard InChI is InChI=1S/C24H25N3O4S/c1-18-6-4-7-19(16-18)17-26-13-5-9-21(24(26)29)23(28)25-12-15-32(30,31)27-14-11-20-8-2-3-10-22(20)27/h2-10,13,16H,11-12,14-15,17H2,1H3,(H,25,28). The molecule has 166 valence electrons. The molecule has 2 aromatic carbocycles. The summed E-state index contributed by atoms with van der Waals surface area (Å²) in [6.07, 6.45) is 2.31. The van der Waals surface area contributed by atoms with Gasteiger partial charge >= 0.3 is 0 Å². The van der Waals surface area contributed by atoms with E-state index in [9.17, 15) is 18.0 Å². The Morgan fingerprint density at radius 2 is 1.88 bits per heavy atom.